The molecule has 0 bridgehead atoms. The van der Waals surface area contributed by atoms with Crippen molar-refractivity contribution in [2.75, 3.05) is 32.7 Å². The third-order valence-electron chi connectivity index (χ3n) is 4.81. The van der Waals surface area contributed by atoms with Gasteiger partial charge >= 0.3 is 0 Å². The Morgan fingerprint density at radius 2 is 1.89 bits per heavy atom. The Morgan fingerprint density at radius 1 is 1.07 bits per heavy atom. The first-order chi connectivity index (χ1) is 13.2. The average Bonchev–Trinajstić information content (AvgIpc) is 3.39. The van der Waals surface area contributed by atoms with Gasteiger partial charge in [-0.05, 0) is 30.2 Å². The van der Waals surface area contributed by atoms with E-state index in [-0.39, 0.29) is 17.4 Å². The van der Waals surface area contributed by atoms with Crippen molar-refractivity contribution in [2.45, 2.75) is 6.42 Å². The molecule has 0 atom stereocenters. The van der Waals surface area contributed by atoms with E-state index in [1.807, 2.05) is 12.1 Å². The largest absolute Gasteiger partial charge is 0.461 e. The molecule has 0 N–H and O–H groups in total. The van der Waals surface area contributed by atoms with E-state index in [1.54, 1.807) is 35.4 Å². The highest BCUT2D eigenvalue weighted by molar-refractivity contribution is 5.93. The Labute approximate surface area is 156 Å². The lowest BCUT2D eigenvalue weighted by Gasteiger charge is -2.34. The second-order valence-corrected chi connectivity index (χ2v) is 6.53. The Hall–Kier alpha value is -2.93. The van der Waals surface area contributed by atoms with Gasteiger partial charge in [-0.25, -0.2) is 4.39 Å². The summed E-state index contributed by atoms with van der Waals surface area (Å²) in [5.41, 5.74) is 1.00. The number of rotatable bonds is 5. The van der Waals surface area contributed by atoms with Crippen LogP contribution < -0.4 is 0 Å². The van der Waals surface area contributed by atoms with Crippen LogP contribution in [0.1, 0.15) is 16.1 Å². The number of benzene rings is 1. The van der Waals surface area contributed by atoms with Crippen molar-refractivity contribution in [1.82, 2.24) is 15.0 Å². The van der Waals surface area contributed by atoms with Gasteiger partial charge in [-0.1, -0.05) is 23.4 Å². The van der Waals surface area contributed by atoms with Crippen LogP contribution in [0.15, 0.2) is 57.7 Å². The summed E-state index contributed by atoms with van der Waals surface area (Å²) < 4.78 is 24.2. The van der Waals surface area contributed by atoms with Gasteiger partial charge in [0, 0.05) is 38.8 Å². The maximum Gasteiger partial charge on any atom is 0.276 e. The molecule has 1 fully saturated rings. The normalized spacial score (nSPS) is 15.2. The van der Waals surface area contributed by atoms with E-state index in [0.717, 1.165) is 25.2 Å². The second-order valence-electron chi connectivity index (χ2n) is 6.53. The molecular weight excluding hydrogens is 349 g/mol. The van der Waals surface area contributed by atoms with Crippen LogP contribution in [-0.4, -0.2) is 53.6 Å². The van der Waals surface area contributed by atoms with Crippen LogP contribution in [0.5, 0.6) is 0 Å². The predicted octanol–water partition coefficient (Wildman–Crippen LogP) is 3.07. The fourth-order valence-corrected chi connectivity index (χ4v) is 3.23. The van der Waals surface area contributed by atoms with Crippen LogP contribution in [0.25, 0.3) is 11.5 Å². The van der Waals surface area contributed by atoms with Crippen molar-refractivity contribution < 1.29 is 18.1 Å². The fraction of sp³-hybridized carbons (Fsp3) is 0.300. The van der Waals surface area contributed by atoms with Gasteiger partial charge in [0.15, 0.2) is 11.5 Å². The topological polar surface area (TPSA) is 62.7 Å². The van der Waals surface area contributed by atoms with Crippen molar-refractivity contribution in [1.29, 1.82) is 0 Å². The van der Waals surface area contributed by atoms with Crippen molar-refractivity contribution in [3.63, 3.8) is 0 Å². The van der Waals surface area contributed by atoms with E-state index in [0.29, 0.717) is 31.0 Å². The lowest BCUT2D eigenvalue weighted by molar-refractivity contribution is 0.0628. The van der Waals surface area contributed by atoms with E-state index in [9.17, 15) is 9.18 Å². The Bertz CT molecular complexity index is 899. The maximum atomic E-state index is 13.7. The molecule has 0 saturated carbocycles. The molecule has 1 saturated heterocycles. The van der Waals surface area contributed by atoms with Crippen LogP contribution in [0.3, 0.4) is 0 Å². The summed E-state index contributed by atoms with van der Waals surface area (Å²) >= 11 is 0. The third-order valence-corrected chi connectivity index (χ3v) is 4.81. The van der Waals surface area contributed by atoms with Gasteiger partial charge in [0.05, 0.1) is 6.26 Å². The first-order valence-corrected chi connectivity index (χ1v) is 8.96. The summed E-state index contributed by atoms with van der Waals surface area (Å²) in [6.07, 6.45) is 2.20. The molecule has 1 aliphatic heterocycles. The number of carbonyl (C=O) groups excluding carboxylic acids is 1. The Balaban J connectivity index is 1.30. The summed E-state index contributed by atoms with van der Waals surface area (Å²) in [6.45, 7) is 3.50. The molecule has 6 nitrogen and oxygen atoms in total. The zero-order chi connectivity index (χ0) is 18.6. The highest BCUT2D eigenvalue weighted by Crippen LogP contribution is 2.21. The van der Waals surface area contributed by atoms with Gasteiger partial charge in [-0.3, -0.25) is 9.69 Å². The van der Waals surface area contributed by atoms with E-state index in [4.69, 9.17) is 8.94 Å². The average molecular weight is 369 g/mol. The monoisotopic (exact) mass is 369 g/mol. The Kier molecular flexibility index (Phi) is 5.02. The van der Waals surface area contributed by atoms with Crippen molar-refractivity contribution in [2.24, 2.45) is 0 Å². The van der Waals surface area contributed by atoms with Crippen molar-refractivity contribution >= 4 is 5.91 Å². The predicted molar refractivity (Wildman–Crippen MR) is 96.7 cm³/mol. The number of furan rings is 1. The summed E-state index contributed by atoms with van der Waals surface area (Å²) in [5.74, 6) is 0.668. The molecule has 0 spiro atoms. The summed E-state index contributed by atoms with van der Waals surface area (Å²) in [7, 11) is 0. The van der Waals surface area contributed by atoms with Gasteiger partial charge in [-0.2, -0.15) is 0 Å². The highest BCUT2D eigenvalue weighted by Gasteiger charge is 2.25. The quantitative estimate of drug-likeness (QED) is 0.692. The van der Waals surface area contributed by atoms with E-state index in [1.165, 1.54) is 6.07 Å². The summed E-state index contributed by atoms with van der Waals surface area (Å²) in [4.78, 5) is 16.6. The zero-order valence-corrected chi connectivity index (χ0v) is 14.8. The van der Waals surface area contributed by atoms with Crippen LogP contribution >= 0.6 is 0 Å². The van der Waals surface area contributed by atoms with Gasteiger partial charge in [0.2, 0.25) is 5.76 Å². The van der Waals surface area contributed by atoms with Crippen molar-refractivity contribution in [3.8, 4) is 11.5 Å². The molecule has 0 radical (unpaired) electrons. The number of hydrogen-bond donors (Lipinski definition) is 0. The van der Waals surface area contributed by atoms with Crippen LogP contribution in [0, 0.1) is 5.82 Å². The molecule has 7 heteroatoms. The first-order valence-electron chi connectivity index (χ1n) is 8.96. The standard InChI is InChI=1S/C20H20FN3O3/c21-16-5-2-1-4-15(16)7-8-23-9-11-24(12-10-23)20(25)17-14-19(27-22-17)18-6-3-13-26-18/h1-6,13-14H,7-12H2. The lowest BCUT2D eigenvalue weighted by Crippen LogP contribution is -2.49. The van der Waals surface area contributed by atoms with Crippen LogP contribution in [-0.2, 0) is 6.42 Å². The van der Waals surface area contributed by atoms with Gasteiger partial charge in [0.1, 0.15) is 5.82 Å². The van der Waals surface area contributed by atoms with E-state index >= 15 is 0 Å². The molecule has 0 unspecified atom stereocenters. The van der Waals surface area contributed by atoms with Gasteiger partial charge in [0.25, 0.3) is 5.91 Å². The molecule has 0 aliphatic carbocycles. The summed E-state index contributed by atoms with van der Waals surface area (Å²) in [6, 6.07) is 12.0. The summed E-state index contributed by atoms with van der Waals surface area (Å²) in [5, 5.41) is 3.87. The minimum Gasteiger partial charge on any atom is -0.461 e. The molecule has 2 aromatic heterocycles. The molecule has 4 rings (SSSR count). The molecule has 27 heavy (non-hydrogen) atoms. The van der Waals surface area contributed by atoms with E-state index in [2.05, 4.69) is 10.1 Å². The van der Waals surface area contributed by atoms with E-state index < -0.39 is 0 Å². The number of nitrogens with zero attached hydrogens (tertiary/aromatic N) is 3. The molecule has 1 aromatic carbocycles. The molecular formula is C20H20FN3O3. The number of hydrogen-bond acceptors (Lipinski definition) is 5. The molecule has 1 amide bonds. The minimum atomic E-state index is -0.162. The van der Waals surface area contributed by atoms with Crippen LogP contribution in [0.4, 0.5) is 4.39 Å². The number of piperazine rings is 1. The number of halogens is 1. The molecule has 140 valence electrons. The lowest BCUT2D eigenvalue weighted by atomic mass is 10.1. The number of aromatic nitrogens is 1. The minimum absolute atomic E-state index is 0.148. The van der Waals surface area contributed by atoms with Crippen LogP contribution in [0.2, 0.25) is 0 Å². The maximum absolute atomic E-state index is 13.7. The Morgan fingerprint density at radius 3 is 2.63 bits per heavy atom. The van der Waals surface area contributed by atoms with Gasteiger partial charge < -0.3 is 13.8 Å². The highest BCUT2D eigenvalue weighted by atomic mass is 19.1. The molecule has 1 aliphatic rings. The molecule has 3 heterocycles. The SMILES string of the molecule is O=C(c1cc(-c2ccco2)on1)N1CCN(CCc2ccccc2F)CC1. The van der Waals surface area contributed by atoms with Gasteiger partial charge in [-0.15, -0.1) is 0 Å². The third kappa shape index (κ3) is 3.93. The first kappa shape index (κ1) is 17.5. The smallest absolute Gasteiger partial charge is 0.276 e. The number of carbonyl (C=O) groups is 1. The van der Waals surface area contributed by atoms with Crippen molar-refractivity contribution in [3.05, 3.63) is 65.8 Å². The fourth-order valence-electron chi connectivity index (χ4n) is 3.23. The molecule has 3 aromatic rings. The number of amides is 1. The second kappa shape index (κ2) is 7.75. The zero-order valence-electron chi connectivity index (χ0n) is 14.8.